The molecule has 2 amide bonds. The SMILES string of the molecule is O=C(O)C1CCN(C(=O)Nc2ccccc2OC2CCOC2)C1. The third-order valence-corrected chi connectivity index (χ3v) is 4.13. The van der Waals surface area contributed by atoms with Crippen LogP contribution >= 0.6 is 0 Å². The molecule has 124 valence electrons. The molecule has 0 aliphatic carbocycles. The molecule has 1 aromatic carbocycles. The molecule has 2 fully saturated rings. The number of hydrogen-bond donors (Lipinski definition) is 2. The van der Waals surface area contributed by atoms with Gasteiger partial charge in [-0.2, -0.15) is 0 Å². The van der Waals surface area contributed by atoms with Gasteiger partial charge in [0.05, 0.1) is 24.8 Å². The summed E-state index contributed by atoms with van der Waals surface area (Å²) in [5.74, 6) is -0.738. The fourth-order valence-electron chi connectivity index (χ4n) is 2.80. The monoisotopic (exact) mass is 320 g/mol. The predicted molar refractivity (Wildman–Crippen MR) is 82.6 cm³/mol. The number of carboxylic acids is 1. The van der Waals surface area contributed by atoms with Crippen molar-refractivity contribution in [1.82, 2.24) is 4.90 Å². The summed E-state index contributed by atoms with van der Waals surface area (Å²) in [6.07, 6.45) is 1.31. The van der Waals surface area contributed by atoms with Crippen molar-refractivity contribution < 1.29 is 24.2 Å². The standard InChI is InChI=1S/C16H20N2O5/c19-15(20)11-5-7-18(9-11)16(21)17-13-3-1-2-4-14(13)23-12-6-8-22-10-12/h1-4,11-12H,5-10H2,(H,17,21)(H,19,20). The summed E-state index contributed by atoms with van der Waals surface area (Å²) in [5.41, 5.74) is 0.586. The van der Waals surface area contributed by atoms with E-state index in [1.165, 1.54) is 4.90 Å². The maximum absolute atomic E-state index is 12.3. The molecule has 0 radical (unpaired) electrons. The van der Waals surface area contributed by atoms with E-state index in [-0.39, 0.29) is 18.7 Å². The Morgan fingerprint density at radius 2 is 2.13 bits per heavy atom. The van der Waals surface area contributed by atoms with E-state index in [0.29, 0.717) is 37.6 Å². The second-order valence-electron chi connectivity index (χ2n) is 5.80. The van der Waals surface area contributed by atoms with Gasteiger partial charge < -0.3 is 24.8 Å². The van der Waals surface area contributed by atoms with Crippen LogP contribution < -0.4 is 10.1 Å². The fraction of sp³-hybridized carbons (Fsp3) is 0.500. The van der Waals surface area contributed by atoms with Crippen LogP contribution in [0.1, 0.15) is 12.8 Å². The molecule has 0 bridgehead atoms. The number of carbonyl (C=O) groups is 2. The lowest BCUT2D eigenvalue weighted by molar-refractivity contribution is -0.141. The van der Waals surface area contributed by atoms with Crippen LogP contribution in [0, 0.1) is 5.92 Å². The van der Waals surface area contributed by atoms with E-state index in [9.17, 15) is 9.59 Å². The number of carbonyl (C=O) groups excluding carboxylic acids is 1. The van der Waals surface area contributed by atoms with Gasteiger partial charge in [-0.3, -0.25) is 4.79 Å². The number of rotatable bonds is 4. The van der Waals surface area contributed by atoms with Crippen molar-refractivity contribution in [2.45, 2.75) is 18.9 Å². The average molecular weight is 320 g/mol. The second kappa shape index (κ2) is 6.87. The predicted octanol–water partition coefficient (Wildman–Crippen LogP) is 1.79. The number of para-hydroxylation sites is 2. The molecule has 2 aliphatic heterocycles. The van der Waals surface area contributed by atoms with E-state index >= 15 is 0 Å². The topological polar surface area (TPSA) is 88.1 Å². The zero-order valence-electron chi connectivity index (χ0n) is 12.7. The van der Waals surface area contributed by atoms with Crippen molar-refractivity contribution in [1.29, 1.82) is 0 Å². The van der Waals surface area contributed by atoms with E-state index in [1.807, 2.05) is 12.1 Å². The van der Waals surface area contributed by atoms with E-state index in [2.05, 4.69) is 5.32 Å². The molecular formula is C16H20N2O5. The molecule has 7 nitrogen and oxygen atoms in total. The average Bonchev–Trinajstić information content (AvgIpc) is 3.20. The summed E-state index contributed by atoms with van der Waals surface area (Å²) in [7, 11) is 0. The number of ether oxygens (including phenoxy) is 2. The van der Waals surface area contributed by atoms with Gasteiger partial charge in [-0.25, -0.2) is 4.79 Å². The molecule has 2 atom stereocenters. The second-order valence-corrected chi connectivity index (χ2v) is 5.80. The number of nitrogens with zero attached hydrogens (tertiary/aromatic N) is 1. The highest BCUT2D eigenvalue weighted by molar-refractivity contribution is 5.91. The number of hydrogen-bond acceptors (Lipinski definition) is 4. The third-order valence-electron chi connectivity index (χ3n) is 4.13. The van der Waals surface area contributed by atoms with Gasteiger partial charge in [0.1, 0.15) is 11.9 Å². The number of anilines is 1. The Kier molecular flexibility index (Phi) is 4.66. The number of amides is 2. The van der Waals surface area contributed by atoms with Crippen molar-refractivity contribution in [3.63, 3.8) is 0 Å². The fourth-order valence-corrected chi connectivity index (χ4v) is 2.80. The molecule has 0 spiro atoms. The maximum atomic E-state index is 12.3. The Balaban J connectivity index is 1.63. The van der Waals surface area contributed by atoms with E-state index < -0.39 is 11.9 Å². The largest absolute Gasteiger partial charge is 0.486 e. The van der Waals surface area contributed by atoms with Gasteiger partial charge >= 0.3 is 12.0 Å². The molecule has 1 aromatic rings. The van der Waals surface area contributed by atoms with Gasteiger partial charge in [0.2, 0.25) is 0 Å². The van der Waals surface area contributed by atoms with Gasteiger partial charge in [-0.15, -0.1) is 0 Å². The Hall–Kier alpha value is -2.28. The number of urea groups is 1. The van der Waals surface area contributed by atoms with Gasteiger partial charge in [-0.05, 0) is 18.6 Å². The molecule has 2 unspecified atom stereocenters. The van der Waals surface area contributed by atoms with Crippen molar-refractivity contribution in [3.8, 4) is 5.75 Å². The normalized spacial score (nSPS) is 23.7. The molecule has 23 heavy (non-hydrogen) atoms. The van der Waals surface area contributed by atoms with Crippen LogP contribution in [0.25, 0.3) is 0 Å². The van der Waals surface area contributed by atoms with E-state index in [1.54, 1.807) is 12.1 Å². The van der Waals surface area contributed by atoms with E-state index in [0.717, 1.165) is 6.42 Å². The quantitative estimate of drug-likeness (QED) is 0.883. The van der Waals surface area contributed by atoms with Crippen LogP contribution in [0.3, 0.4) is 0 Å². The summed E-state index contributed by atoms with van der Waals surface area (Å²) < 4.78 is 11.2. The molecule has 7 heteroatoms. The zero-order chi connectivity index (χ0) is 16.2. The Morgan fingerprint density at radius 1 is 1.30 bits per heavy atom. The van der Waals surface area contributed by atoms with Crippen LogP contribution in [0.4, 0.5) is 10.5 Å². The van der Waals surface area contributed by atoms with Crippen molar-refractivity contribution in [2.75, 3.05) is 31.6 Å². The zero-order valence-corrected chi connectivity index (χ0v) is 12.7. The molecule has 2 aliphatic rings. The highest BCUT2D eigenvalue weighted by Crippen LogP contribution is 2.27. The summed E-state index contributed by atoms with van der Waals surface area (Å²) in [6.45, 7) is 1.92. The first kappa shape index (κ1) is 15.6. The van der Waals surface area contributed by atoms with E-state index in [4.69, 9.17) is 14.6 Å². The minimum atomic E-state index is -0.856. The molecule has 2 N–H and O–H groups in total. The first-order valence-electron chi connectivity index (χ1n) is 7.75. The van der Waals surface area contributed by atoms with Crippen LogP contribution in [0.2, 0.25) is 0 Å². The smallest absolute Gasteiger partial charge is 0.321 e. The summed E-state index contributed by atoms with van der Waals surface area (Å²) in [6, 6.07) is 6.94. The molecule has 2 heterocycles. The lowest BCUT2D eigenvalue weighted by Gasteiger charge is -2.20. The third kappa shape index (κ3) is 3.73. The first-order chi connectivity index (χ1) is 11.1. The summed E-state index contributed by atoms with van der Waals surface area (Å²) in [4.78, 5) is 24.8. The molecule has 0 aromatic heterocycles. The molecule has 3 rings (SSSR count). The van der Waals surface area contributed by atoms with Gasteiger partial charge in [0.25, 0.3) is 0 Å². The lowest BCUT2D eigenvalue weighted by atomic mass is 10.1. The summed E-state index contributed by atoms with van der Waals surface area (Å²) >= 11 is 0. The van der Waals surface area contributed by atoms with Crippen molar-refractivity contribution in [2.24, 2.45) is 5.92 Å². The summed E-state index contributed by atoms with van der Waals surface area (Å²) in [5, 5.41) is 11.8. The highest BCUT2D eigenvalue weighted by Gasteiger charge is 2.31. The Morgan fingerprint density at radius 3 is 2.83 bits per heavy atom. The van der Waals surface area contributed by atoms with Crippen molar-refractivity contribution >= 4 is 17.7 Å². The minimum absolute atomic E-state index is 0.00349. The first-order valence-corrected chi connectivity index (χ1v) is 7.75. The maximum Gasteiger partial charge on any atom is 0.321 e. The molecular weight excluding hydrogens is 300 g/mol. The lowest BCUT2D eigenvalue weighted by Crippen LogP contribution is -2.34. The number of aliphatic carboxylic acids is 1. The number of benzene rings is 1. The van der Waals surface area contributed by atoms with Gasteiger partial charge in [0, 0.05) is 19.5 Å². The molecule has 0 saturated carbocycles. The number of nitrogens with one attached hydrogen (secondary N) is 1. The number of carboxylic acid groups (broad SMARTS) is 1. The Labute approximate surface area is 134 Å². The number of likely N-dealkylation sites (tertiary alicyclic amines) is 1. The van der Waals surface area contributed by atoms with Crippen LogP contribution in [0.15, 0.2) is 24.3 Å². The van der Waals surface area contributed by atoms with Crippen LogP contribution in [0.5, 0.6) is 5.75 Å². The van der Waals surface area contributed by atoms with Crippen molar-refractivity contribution in [3.05, 3.63) is 24.3 Å². The Bertz CT molecular complexity index is 586. The van der Waals surface area contributed by atoms with Crippen LogP contribution in [-0.4, -0.2) is 54.4 Å². The highest BCUT2D eigenvalue weighted by atomic mass is 16.5. The van der Waals surface area contributed by atoms with Gasteiger partial charge in [0.15, 0.2) is 0 Å². The van der Waals surface area contributed by atoms with Gasteiger partial charge in [-0.1, -0.05) is 12.1 Å². The molecule has 2 saturated heterocycles. The minimum Gasteiger partial charge on any atom is -0.486 e. The van der Waals surface area contributed by atoms with Crippen LogP contribution in [-0.2, 0) is 9.53 Å².